The Kier molecular flexibility index (Phi) is 4.54. The summed E-state index contributed by atoms with van der Waals surface area (Å²) in [7, 11) is 0. The molecular weight excluding hydrogens is 184 g/mol. The predicted molar refractivity (Wildman–Crippen MR) is 64.2 cm³/mol. The zero-order valence-electron chi connectivity index (χ0n) is 9.92. The van der Waals surface area contributed by atoms with Gasteiger partial charge in [0.25, 0.3) is 0 Å². The quantitative estimate of drug-likeness (QED) is 0.662. The van der Waals surface area contributed by atoms with Gasteiger partial charge in [-0.15, -0.1) is 0 Å². The minimum Gasteiger partial charge on any atom is -0.294 e. The number of carbonyl (C=O) groups excluding carboxylic acids is 1. The third kappa shape index (κ3) is 3.86. The second-order valence-corrected chi connectivity index (χ2v) is 4.34. The molecule has 0 aliphatic heterocycles. The normalized spacial score (nSPS) is 12.5. The summed E-state index contributed by atoms with van der Waals surface area (Å²) in [6.45, 7) is 6.40. The molecule has 15 heavy (non-hydrogen) atoms. The summed E-state index contributed by atoms with van der Waals surface area (Å²) in [5.74, 6) is 0.926. The Morgan fingerprint density at radius 3 is 2.40 bits per heavy atom. The van der Waals surface area contributed by atoms with Crippen LogP contribution < -0.4 is 0 Å². The molecule has 1 aromatic carbocycles. The third-order valence-electron chi connectivity index (χ3n) is 2.93. The number of rotatable bonds is 5. The highest BCUT2D eigenvalue weighted by Gasteiger charge is 2.07. The lowest BCUT2D eigenvalue weighted by Crippen LogP contribution is -2.02. The lowest BCUT2D eigenvalue weighted by atomic mass is 9.98. The molecule has 0 aromatic heterocycles. The maximum absolute atomic E-state index is 11.8. The Morgan fingerprint density at radius 1 is 1.27 bits per heavy atom. The zero-order chi connectivity index (χ0) is 11.3. The summed E-state index contributed by atoms with van der Waals surface area (Å²) < 4.78 is 0. The average molecular weight is 204 g/mol. The molecule has 0 aliphatic carbocycles. The average Bonchev–Trinajstić information content (AvgIpc) is 2.26. The van der Waals surface area contributed by atoms with E-state index in [1.165, 1.54) is 5.56 Å². The maximum Gasteiger partial charge on any atom is 0.162 e. The van der Waals surface area contributed by atoms with Crippen LogP contribution in [0.3, 0.4) is 0 Å². The van der Waals surface area contributed by atoms with Gasteiger partial charge in [-0.1, -0.05) is 50.1 Å². The van der Waals surface area contributed by atoms with Crippen LogP contribution in [0.5, 0.6) is 0 Å². The van der Waals surface area contributed by atoms with Crippen LogP contribution >= 0.6 is 0 Å². The molecule has 1 rings (SSSR count). The Bertz CT molecular complexity index is 311. The molecule has 0 spiro atoms. The highest BCUT2D eigenvalue weighted by molar-refractivity contribution is 5.96. The summed E-state index contributed by atoms with van der Waals surface area (Å²) >= 11 is 0. The van der Waals surface area contributed by atoms with E-state index in [1.807, 2.05) is 31.2 Å². The highest BCUT2D eigenvalue weighted by Crippen LogP contribution is 2.13. The minimum absolute atomic E-state index is 0.273. The first-order chi connectivity index (χ1) is 7.13. The molecular formula is C14H20O. The molecule has 0 amide bonds. The SMILES string of the molecule is CCC(C)CCC(=O)c1ccc(C)cc1. The molecule has 0 saturated heterocycles. The van der Waals surface area contributed by atoms with E-state index in [1.54, 1.807) is 0 Å². The van der Waals surface area contributed by atoms with E-state index in [-0.39, 0.29) is 5.78 Å². The molecule has 0 N–H and O–H groups in total. The van der Waals surface area contributed by atoms with Crippen molar-refractivity contribution in [3.8, 4) is 0 Å². The van der Waals surface area contributed by atoms with Crippen molar-refractivity contribution in [2.75, 3.05) is 0 Å². The minimum atomic E-state index is 0.273. The van der Waals surface area contributed by atoms with Crippen LogP contribution in [0.25, 0.3) is 0 Å². The molecule has 82 valence electrons. The highest BCUT2D eigenvalue weighted by atomic mass is 16.1. The van der Waals surface area contributed by atoms with Crippen molar-refractivity contribution in [3.63, 3.8) is 0 Å². The smallest absolute Gasteiger partial charge is 0.162 e. The Labute approximate surface area is 92.5 Å². The fraction of sp³-hybridized carbons (Fsp3) is 0.500. The molecule has 0 radical (unpaired) electrons. The van der Waals surface area contributed by atoms with Crippen molar-refractivity contribution in [1.29, 1.82) is 0 Å². The zero-order valence-corrected chi connectivity index (χ0v) is 9.92. The van der Waals surface area contributed by atoms with Gasteiger partial charge in [0.05, 0.1) is 0 Å². The van der Waals surface area contributed by atoms with Gasteiger partial charge in [-0.2, -0.15) is 0 Å². The number of benzene rings is 1. The predicted octanol–water partition coefficient (Wildman–Crippen LogP) is 4.00. The van der Waals surface area contributed by atoms with E-state index >= 15 is 0 Å². The van der Waals surface area contributed by atoms with E-state index in [9.17, 15) is 4.79 Å². The molecule has 1 aromatic rings. The van der Waals surface area contributed by atoms with Gasteiger partial charge < -0.3 is 0 Å². The van der Waals surface area contributed by atoms with Crippen molar-refractivity contribution < 1.29 is 4.79 Å². The molecule has 1 atom stereocenters. The Hall–Kier alpha value is -1.11. The molecule has 0 bridgehead atoms. The first-order valence-electron chi connectivity index (χ1n) is 5.73. The summed E-state index contributed by atoms with van der Waals surface area (Å²) in [5.41, 5.74) is 2.05. The molecule has 1 nitrogen and oxygen atoms in total. The second-order valence-electron chi connectivity index (χ2n) is 4.34. The lowest BCUT2D eigenvalue weighted by molar-refractivity contribution is 0.0974. The van der Waals surface area contributed by atoms with Crippen LogP contribution in [0, 0.1) is 12.8 Å². The van der Waals surface area contributed by atoms with E-state index in [4.69, 9.17) is 0 Å². The van der Waals surface area contributed by atoms with E-state index < -0.39 is 0 Å². The Morgan fingerprint density at radius 2 is 1.87 bits per heavy atom. The van der Waals surface area contributed by atoms with Gasteiger partial charge in [-0.05, 0) is 19.3 Å². The molecule has 1 unspecified atom stereocenters. The number of hydrogen-bond acceptors (Lipinski definition) is 1. The van der Waals surface area contributed by atoms with Crippen LogP contribution in [0.4, 0.5) is 0 Å². The fourth-order valence-electron chi connectivity index (χ4n) is 1.47. The number of Topliss-reactive ketones (excluding diaryl/α,β-unsaturated/α-hetero) is 1. The van der Waals surface area contributed by atoms with Crippen LogP contribution in [0.15, 0.2) is 24.3 Å². The summed E-state index contributed by atoms with van der Waals surface area (Å²) in [4.78, 5) is 11.8. The van der Waals surface area contributed by atoms with Crippen molar-refractivity contribution >= 4 is 5.78 Å². The van der Waals surface area contributed by atoms with E-state index in [2.05, 4.69) is 13.8 Å². The van der Waals surface area contributed by atoms with E-state index in [0.717, 1.165) is 18.4 Å². The van der Waals surface area contributed by atoms with Crippen LogP contribution in [0.1, 0.15) is 49.0 Å². The van der Waals surface area contributed by atoms with Crippen LogP contribution in [-0.2, 0) is 0 Å². The standard InChI is InChI=1S/C14H20O/c1-4-11(2)7-10-14(15)13-8-5-12(3)6-9-13/h5-6,8-9,11H,4,7,10H2,1-3H3. The first-order valence-corrected chi connectivity index (χ1v) is 5.73. The van der Waals surface area contributed by atoms with Crippen molar-refractivity contribution in [3.05, 3.63) is 35.4 Å². The van der Waals surface area contributed by atoms with Crippen molar-refractivity contribution in [2.24, 2.45) is 5.92 Å². The molecule has 0 fully saturated rings. The second kappa shape index (κ2) is 5.69. The van der Waals surface area contributed by atoms with Gasteiger partial charge in [0.15, 0.2) is 5.78 Å². The number of aryl methyl sites for hydroxylation is 1. The molecule has 0 saturated carbocycles. The Balaban J connectivity index is 2.50. The molecule has 0 aliphatic rings. The summed E-state index contributed by atoms with van der Waals surface area (Å²) in [6, 6.07) is 7.84. The first kappa shape index (κ1) is 12.0. The van der Waals surface area contributed by atoms with Gasteiger partial charge >= 0.3 is 0 Å². The number of hydrogen-bond donors (Lipinski definition) is 0. The van der Waals surface area contributed by atoms with Gasteiger partial charge in [-0.25, -0.2) is 0 Å². The third-order valence-corrected chi connectivity index (χ3v) is 2.93. The van der Waals surface area contributed by atoms with Gasteiger partial charge in [0.1, 0.15) is 0 Å². The van der Waals surface area contributed by atoms with Crippen LogP contribution in [-0.4, -0.2) is 5.78 Å². The summed E-state index contributed by atoms with van der Waals surface area (Å²) in [6.07, 6.45) is 2.84. The monoisotopic (exact) mass is 204 g/mol. The lowest BCUT2D eigenvalue weighted by Gasteiger charge is -2.07. The van der Waals surface area contributed by atoms with Gasteiger partial charge in [0.2, 0.25) is 0 Å². The van der Waals surface area contributed by atoms with Crippen LogP contribution in [0.2, 0.25) is 0 Å². The molecule has 1 heteroatoms. The summed E-state index contributed by atoms with van der Waals surface area (Å²) in [5, 5.41) is 0. The van der Waals surface area contributed by atoms with Gasteiger partial charge in [0, 0.05) is 12.0 Å². The maximum atomic E-state index is 11.8. The topological polar surface area (TPSA) is 17.1 Å². The van der Waals surface area contributed by atoms with Crippen molar-refractivity contribution in [1.82, 2.24) is 0 Å². The number of ketones is 1. The van der Waals surface area contributed by atoms with Gasteiger partial charge in [-0.3, -0.25) is 4.79 Å². The van der Waals surface area contributed by atoms with Crippen molar-refractivity contribution in [2.45, 2.75) is 40.0 Å². The largest absolute Gasteiger partial charge is 0.294 e. The van der Waals surface area contributed by atoms with E-state index in [0.29, 0.717) is 12.3 Å². The number of carbonyl (C=O) groups is 1. The fourth-order valence-corrected chi connectivity index (χ4v) is 1.47. The molecule has 0 heterocycles.